The highest BCUT2D eigenvalue weighted by molar-refractivity contribution is 7.10. The van der Waals surface area contributed by atoms with E-state index in [1.165, 1.54) is 0 Å². The smallest absolute Gasteiger partial charge is 0.115 e. The molecular weight excluding hydrogens is 194 g/mol. The van der Waals surface area contributed by atoms with Gasteiger partial charge in [-0.15, -0.1) is 11.3 Å². The number of hydrogen-bond acceptors (Lipinski definition) is 3. The minimum atomic E-state index is -0.0874. The molecule has 0 saturated carbocycles. The molecule has 0 amide bonds. The third-order valence-electron chi connectivity index (χ3n) is 2.10. The van der Waals surface area contributed by atoms with Gasteiger partial charge in [-0.05, 0) is 29.1 Å². The second-order valence-corrected chi connectivity index (χ2v) is 4.06. The lowest BCUT2D eigenvalue weighted by molar-refractivity contribution is 0.475. The molecule has 0 bridgehead atoms. The van der Waals surface area contributed by atoms with Crippen molar-refractivity contribution in [1.82, 2.24) is 0 Å². The Labute approximate surface area is 86.6 Å². The summed E-state index contributed by atoms with van der Waals surface area (Å²) >= 11 is 1.64. The van der Waals surface area contributed by atoms with Gasteiger partial charge >= 0.3 is 0 Å². The van der Waals surface area contributed by atoms with Gasteiger partial charge in [0, 0.05) is 4.88 Å². The summed E-state index contributed by atoms with van der Waals surface area (Å²) in [6, 6.07) is 10.9. The van der Waals surface area contributed by atoms with E-state index in [4.69, 9.17) is 10.8 Å². The Morgan fingerprint density at radius 1 is 1.14 bits per heavy atom. The summed E-state index contributed by atoms with van der Waals surface area (Å²) in [6.07, 6.45) is 0. The van der Waals surface area contributed by atoms with E-state index in [0.29, 0.717) is 0 Å². The average Bonchev–Trinajstić information content (AvgIpc) is 2.71. The van der Waals surface area contributed by atoms with E-state index < -0.39 is 0 Å². The molecule has 3 N–H and O–H groups in total. The number of phenolic OH excluding ortho intramolecular Hbond substituents is 1. The Morgan fingerprint density at radius 3 is 2.43 bits per heavy atom. The van der Waals surface area contributed by atoms with Gasteiger partial charge < -0.3 is 10.8 Å². The zero-order chi connectivity index (χ0) is 9.97. The first kappa shape index (κ1) is 9.24. The molecule has 14 heavy (non-hydrogen) atoms. The van der Waals surface area contributed by atoms with E-state index in [9.17, 15) is 0 Å². The van der Waals surface area contributed by atoms with Crippen LogP contribution in [0.1, 0.15) is 16.5 Å². The Balaban J connectivity index is 2.28. The normalized spacial score (nSPS) is 12.6. The fourth-order valence-electron chi connectivity index (χ4n) is 1.31. The predicted octanol–water partition coefficient (Wildman–Crippen LogP) is 2.50. The number of hydrogen-bond donors (Lipinski definition) is 2. The van der Waals surface area contributed by atoms with E-state index in [-0.39, 0.29) is 11.8 Å². The molecule has 0 fully saturated rings. The number of aromatic hydroxyl groups is 1. The van der Waals surface area contributed by atoms with Gasteiger partial charge in [0.25, 0.3) is 0 Å². The van der Waals surface area contributed by atoms with Gasteiger partial charge in [0.05, 0.1) is 6.04 Å². The number of benzene rings is 1. The lowest BCUT2D eigenvalue weighted by Gasteiger charge is -2.09. The molecule has 0 aliphatic rings. The second-order valence-electron chi connectivity index (χ2n) is 3.08. The molecule has 1 atom stereocenters. The highest BCUT2D eigenvalue weighted by Gasteiger charge is 2.08. The van der Waals surface area contributed by atoms with Crippen LogP contribution in [0.2, 0.25) is 0 Å². The van der Waals surface area contributed by atoms with Gasteiger partial charge in [-0.2, -0.15) is 0 Å². The van der Waals surface area contributed by atoms with Crippen molar-refractivity contribution in [3.05, 3.63) is 52.2 Å². The molecule has 0 spiro atoms. The van der Waals surface area contributed by atoms with Gasteiger partial charge in [-0.25, -0.2) is 0 Å². The summed E-state index contributed by atoms with van der Waals surface area (Å²) < 4.78 is 0. The van der Waals surface area contributed by atoms with Crippen LogP contribution in [-0.4, -0.2) is 5.11 Å². The summed E-state index contributed by atoms with van der Waals surface area (Å²) in [6.45, 7) is 0. The molecule has 0 radical (unpaired) electrons. The topological polar surface area (TPSA) is 46.2 Å². The van der Waals surface area contributed by atoms with Crippen LogP contribution < -0.4 is 5.73 Å². The van der Waals surface area contributed by atoms with E-state index in [1.807, 2.05) is 29.6 Å². The molecule has 2 rings (SSSR count). The molecule has 72 valence electrons. The maximum atomic E-state index is 9.13. The van der Waals surface area contributed by atoms with Crippen molar-refractivity contribution in [2.24, 2.45) is 5.73 Å². The van der Waals surface area contributed by atoms with Crippen molar-refractivity contribution < 1.29 is 5.11 Å². The number of thiophene rings is 1. The molecule has 1 heterocycles. The first-order valence-electron chi connectivity index (χ1n) is 4.35. The van der Waals surface area contributed by atoms with E-state index >= 15 is 0 Å². The van der Waals surface area contributed by atoms with Gasteiger partial charge in [-0.3, -0.25) is 0 Å². The third kappa shape index (κ3) is 1.78. The van der Waals surface area contributed by atoms with Crippen LogP contribution in [0, 0.1) is 0 Å². The summed E-state index contributed by atoms with van der Waals surface area (Å²) in [4.78, 5) is 1.13. The predicted molar refractivity (Wildman–Crippen MR) is 58.5 cm³/mol. The Hall–Kier alpha value is -1.32. The van der Waals surface area contributed by atoms with Gasteiger partial charge in [-0.1, -0.05) is 18.2 Å². The van der Waals surface area contributed by atoms with Crippen LogP contribution in [-0.2, 0) is 0 Å². The van der Waals surface area contributed by atoms with E-state index in [1.54, 1.807) is 23.5 Å². The van der Waals surface area contributed by atoms with Crippen molar-refractivity contribution in [3.63, 3.8) is 0 Å². The van der Waals surface area contributed by atoms with Gasteiger partial charge in [0.2, 0.25) is 0 Å². The highest BCUT2D eigenvalue weighted by Crippen LogP contribution is 2.24. The first-order chi connectivity index (χ1) is 6.77. The second kappa shape index (κ2) is 3.82. The molecule has 3 heteroatoms. The Morgan fingerprint density at radius 2 is 1.86 bits per heavy atom. The highest BCUT2D eigenvalue weighted by atomic mass is 32.1. The summed E-state index contributed by atoms with van der Waals surface area (Å²) in [5, 5.41) is 11.1. The molecule has 1 aromatic carbocycles. The molecule has 2 nitrogen and oxygen atoms in total. The van der Waals surface area contributed by atoms with Gasteiger partial charge in [0.1, 0.15) is 5.75 Å². The van der Waals surface area contributed by atoms with Crippen LogP contribution in [0.3, 0.4) is 0 Å². The molecule has 2 aromatic rings. The van der Waals surface area contributed by atoms with Crippen molar-refractivity contribution >= 4 is 11.3 Å². The zero-order valence-corrected chi connectivity index (χ0v) is 8.37. The molecular formula is C11H11NOS. The van der Waals surface area contributed by atoms with Crippen LogP contribution in [0.4, 0.5) is 0 Å². The van der Waals surface area contributed by atoms with Crippen molar-refractivity contribution in [2.75, 3.05) is 0 Å². The van der Waals surface area contributed by atoms with Crippen LogP contribution in [0.25, 0.3) is 0 Å². The number of rotatable bonds is 2. The lowest BCUT2D eigenvalue weighted by Crippen LogP contribution is -2.09. The summed E-state index contributed by atoms with van der Waals surface area (Å²) in [7, 11) is 0. The SMILES string of the molecule is N[C@H](c1ccc(O)cc1)c1cccs1. The largest absolute Gasteiger partial charge is 0.508 e. The Kier molecular flexibility index (Phi) is 2.52. The lowest BCUT2D eigenvalue weighted by atomic mass is 10.1. The molecule has 1 aromatic heterocycles. The molecule has 0 aliphatic heterocycles. The van der Waals surface area contributed by atoms with Gasteiger partial charge in [0.15, 0.2) is 0 Å². The van der Waals surface area contributed by atoms with Crippen LogP contribution >= 0.6 is 11.3 Å². The van der Waals surface area contributed by atoms with E-state index in [2.05, 4.69) is 0 Å². The van der Waals surface area contributed by atoms with Crippen LogP contribution in [0.15, 0.2) is 41.8 Å². The average molecular weight is 205 g/mol. The van der Waals surface area contributed by atoms with Crippen molar-refractivity contribution in [1.29, 1.82) is 0 Å². The quantitative estimate of drug-likeness (QED) is 0.791. The fraction of sp³-hybridized carbons (Fsp3) is 0.0909. The van der Waals surface area contributed by atoms with Crippen molar-refractivity contribution in [2.45, 2.75) is 6.04 Å². The standard InChI is InChI=1S/C11H11NOS/c12-11(10-2-1-7-14-10)8-3-5-9(13)6-4-8/h1-7,11,13H,12H2/t11-/m1/s1. The molecule has 0 unspecified atom stereocenters. The maximum absolute atomic E-state index is 9.13. The number of nitrogens with two attached hydrogens (primary N) is 1. The summed E-state index contributed by atoms with van der Waals surface area (Å²) in [5.74, 6) is 0.270. The monoisotopic (exact) mass is 205 g/mol. The minimum absolute atomic E-state index is 0.0874. The van der Waals surface area contributed by atoms with E-state index in [0.717, 1.165) is 10.4 Å². The zero-order valence-electron chi connectivity index (χ0n) is 7.55. The summed E-state index contributed by atoms with van der Waals surface area (Å²) in [5.41, 5.74) is 7.06. The minimum Gasteiger partial charge on any atom is -0.508 e. The Bertz CT molecular complexity index is 394. The fourth-order valence-corrected chi connectivity index (χ4v) is 2.07. The molecule has 0 saturated heterocycles. The first-order valence-corrected chi connectivity index (χ1v) is 5.23. The van der Waals surface area contributed by atoms with Crippen LogP contribution in [0.5, 0.6) is 5.75 Å². The third-order valence-corrected chi connectivity index (χ3v) is 3.06. The maximum Gasteiger partial charge on any atom is 0.115 e. The number of phenols is 1. The van der Waals surface area contributed by atoms with Crippen molar-refractivity contribution in [3.8, 4) is 5.75 Å². The molecule has 0 aliphatic carbocycles.